The van der Waals surface area contributed by atoms with E-state index in [1.807, 2.05) is 0 Å². The summed E-state index contributed by atoms with van der Waals surface area (Å²) in [6.45, 7) is 0.817. The third kappa shape index (κ3) is 3.99. The summed E-state index contributed by atoms with van der Waals surface area (Å²) in [4.78, 5) is 34.1. The number of nitro groups is 1. The van der Waals surface area contributed by atoms with Crippen molar-refractivity contribution in [3.63, 3.8) is 0 Å². The molecule has 1 aromatic carbocycles. The molecule has 136 valence electrons. The highest BCUT2D eigenvalue weighted by Crippen LogP contribution is 2.28. The maximum absolute atomic E-state index is 12.4. The summed E-state index contributed by atoms with van der Waals surface area (Å²) in [5.41, 5.74) is 0.0909. The van der Waals surface area contributed by atoms with Crippen molar-refractivity contribution in [2.24, 2.45) is 5.92 Å². The zero-order valence-corrected chi connectivity index (χ0v) is 14.4. The number of non-ortho nitro benzene ring substituents is 1. The lowest BCUT2D eigenvalue weighted by molar-refractivity contribution is -0.384. The first-order valence-electron chi connectivity index (χ1n) is 8.01. The lowest BCUT2D eigenvalue weighted by Gasteiger charge is -2.11. The van der Waals surface area contributed by atoms with Crippen LogP contribution in [0.2, 0.25) is 5.02 Å². The van der Waals surface area contributed by atoms with Crippen molar-refractivity contribution in [1.82, 2.24) is 15.1 Å². The summed E-state index contributed by atoms with van der Waals surface area (Å²) >= 11 is 6.10. The number of carbonyl (C=O) groups is 1. The molecule has 1 amide bonds. The van der Waals surface area contributed by atoms with E-state index in [9.17, 15) is 19.7 Å². The summed E-state index contributed by atoms with van der Waals surface area (Å²) in [6, 6.07) is 5.41. The summed E-state index contributed by atoms with van der Waals surface area (Å²) in [6.07, 6.45) is 3.28. The van der Waals surface area contributed by atoms with Crippen LogP contribution < -0.4 is 16.2 Å². The molecule has 1 fully saturated rings. The number of aromatic nitrogens is 2. The SMILES string of the molecule is O=C(NCCNc1cnn(-c2ccc([N+](=O)[O-])cc2)c(=O)c1Cl)C1CC1. The molecule has 0 aliphatic heterocycles. The number of nitrogens with one attached hydrogen (secondary N) is 2. The Kier molecular flexibility index (Phi) is 5.17. The number of hydrogen-bond donors (Lipinski definition) is 2. The number of anilines is 1. The van der Waals surface area contributed by atoms with Crippen molar-refractivity contribution < 1.29 is 9.72 Å². The Morgan fingerprint density at radius 2 is 2.00 bits per heavy atom. The van der Waals surface area contributed by atoms with E-state index in [0.717, 1.165) is 17.5 Å². The number of carbonyl (C=O) groups excluding carboxylic acids is 1. The van der Waals surface area contributed by atoms with Gasteiger partial charge < -0.3 is 10.6 Å². The molecule has 26 heavy (non-hydrogen) atoms. The first-order valence-corrected chi connectivity index (χ1v) is 8.39. The Hall–Kier alpha value is -2.94. The first kappa shape index (κ1) is 17.9. The Balaban J connectivity index is 1.66. The molecule has 0 saturated heterocycles. The number of amides is 1. The Morgan fingerprint density at radius 3 is 2.62 bits per heavy atom. The Morgan fingerprint density at radius 1 is 1.31 bits per heavy atom. The maximum Gasteiger partial charge on any atom is 0.292 e. The van der Waals surface area contributed by atoms with Gasteiger partial charge in [0.25, 0.3) is 11.2 Å². The lowest BCUT2D eigenvalue weighted by atomic mass is 10.3. The van der Waals surface area contributed by atoms with Gasteiger partial charge in [0.15, 0.2) is 0 Å². The highest BCUT2D eigenvalue weighted by Gasteiger charge is 2.28. The van der Waals surface area contributed by atoms with Gasteiger partial charge in [0.05, 0.1) is 22.5 Å². The minimum Gasteiger partial charge on any atom is -0.381 e. The molecule has 0 bridgehead atoms. The van der Waals surface area contributed by atoms with E-state index in [2.05, 4.69) is 15.7 Å². The van der Waals surface area contributed by atoms with Crippen LogP contribution in [0.3, 0.4) is 0 Å². The smallest absolute Gasteiger partial charge is 0.292 e. The molecule has 0 atom stereocenters. The molecule has 9 nitrogen and oxygen atoms in total. The number of benzene rings is 1. The molecule has 1 aromatic heterocycles. The van der Waals surface area contributed by atoms with E-state index >= 15 is 0 Å². The van der Waals surface area contributed by atoms with Crippen molar-refractivity contribution >= 4 is 28.9 Å². The van der Waals surface area contributed by atoms with Crippen LogP contribution in [0.5, 0.6) is 0 Å². The Bertz CT molecular complexity index is 893. The fourth-order valence-electron chi connectivity index (χ4n) is 2.33. The van der Waals surface area contributed by atoms with E-state index in [0.29, 0.717) is 24.5 Å². The van der Waals surface area contributed by atoms with Crippen molar-refractivity contribution in [3.8, 4) is 5.69 Å². The van der Waals surface area contributed by atoms with Crippen LogP contribution in [-0.2, 0) is 4.79 Å². The highest BCUT2D eigenvalue weighted by molar-refractivity contribution is 6.32. The van der Waals surface area contributed by atoms with E-state index < -0.39 is 10.5 Å². The molecular formula is C16H16ClN5O4. The van der Waals surface area contributed by atoms with Gasteiger partial charge >= 0.3 is 0 Å². The molecule has 0 radical (unpaired) electrons. The normalized spacial score (nSPS) is 13.3. The third-order valence-electron chi connectivity index (χ3n) is 3.91. The van der Waals surface area contributed by atoms with Gasteiger partial charge in [0, 0.05) is 31.1 Å². The second-order valence-corrected chi connectivity index (χ2v) is 6.23. The fourth-order valence-corrected chi connectivity index (χ4v) is 2.52. The predicted molar refractivity (Wildman–Crippen MR) is 95.7 cm³/mol. The first-order chi connectivity index (χ1) is 12.5. The highest BCUT2D eigenvalue weighted by atomic mass is 35.5. The molecule has 2 N–H and O–H groups in total. The van der Waals surface area contributed by atoms with Crippen LogP contribution in [0.4, 0.5) is 11.4 Å². The average molecular weight is 378 g/mol. The van der Waals surface area contributed by atoms with E-state index in [4.69, 9.17) is 11.6 Å². The number of rotatable bonds is 7. The van der Waals surface area contributed by atoms with Crippen LogP contribution >= 0.6 is 11.6 Å². The molecule has 3 rings (SSSR count). The fraction of sp³-hybridized carbons (Fsp3) is 0.312. The standard InChI is InChI=1S/C16H16ClN5O4/c17-14-13(18-7-8-19-15(23)10-1-2-10)9-20-21(16(14)24)11-3-5-12(6-4-11)22(25)26/h3-6,9-10,18H,1-2,7-8H2,(H,19,23). The van der Waals surface area contributed by atoms with Gasteiger partial charge in [0.2, 0.25) is 5.91 Å². The van der Waals surface area contributed by atoms with Gasteiger partial charge in [-0.1, -0.05) is 11.6 Å². The second-order valence-electron chi connectivity index (χ2n) is 5.85. The Labute approximate surface area is 153 Å². The maximum atomic E-state index is 12.4. The summed E-state index contributed by atoms with van der Waals surface area (Å²) < 4.78 is 1.06. The van der Waals surface area contributed by atoms with E-state index in [1.54, 1.807) is 0 Å². The van der Waals surface area contributed by atoms with E-state index in [1.165, 1.54) is 30.5 Å². The van der Waals surface area contributed by atoms with Gasteiger partial charge in [-0.25, -0.2) is 0 Å². The zero-order valence-electron chi connectivity index (χ0n) is 13.6. The minimum atomic E-state index is -0.549. The molecule has 2 aromatic rings. The molecule has 0 unspecified atom stereocenters. The second kappa shape index (κ2) is 7.52. The van der Waals surface area contributed by atoms with Gasteiger partial charge in [-0.3, -0.25) is 19.7 Å². The number of nitro benzene ring substituents is 1. The van der Waals surface area contributed by atoms with Gasteiger partial charge in [0.1, 0.15) is 5.02 Å². The van der Waals surface area contributed by atoms with Crippen LogP contribution in [0, 0.1) is 16.0 Å². The van der Waals surface area contributed by atoms with Crippen LogP contribution in [0.15, 0.2) is 35.3 Å². The van der Waals surface area contributed by atoms with Gasteiger partial charge in [-0.15, -0.1) is 0 Å². The molecule has 10 heteroatoms. The van der Waals surface area contributed by atoms with Crippen molar-refractivity contribution in [2.75, 3.05) is 18.4 Å². The molecule has 1 aliphatic rings. The third-order valence-corrected chi connectivity index (χ3v) is 4.28. The van der Waals surface area contributed by atoms with Crippen LogP contribution in [0.25, 0.3) is 5.69 Å². The van der Waals surface area contributed by atoms with Crippen LogP contribution in [0.1, 0.15) is 12.8 Å². The van der Waals surface area contributed by atoms with Crippen molar-refractivity contribution in [2.45, 2.75) is 12.8 Å². The van der Waals surface area contributed by atoms with Gasteiger partial charge in [-0.05, 0) is 25.0 Å². The molecule has 1 heterocycles. The summed E-state index contributed by atoms with van der Waals surface area (Å²) in [5, 5.41) is 20.4. The molecule has 1 saturated carbocycles. The number of halogens is 1. The summed E-state index contributed by atoms with van der Waals surface area (Å²) in [5.74, 6) is 0.190. The quantitative estimate of drug-likeness (QED) is 0.431. The molecule has 0 spiro atoms. The largest absolute Gasteiger partial charge is 0.381 e. The summed E-state index contributed by atoms with van der Waals surface area (Å²) in [7, 11) is 0. The average Bonchev–Trinajstić information content (AvgIpc) is 3.47. The molecular weight excluding hydrogens is 362 g/mol. The van der Waals surface area contributed by atoms with Crippen LogP contribution in [-0.4, -0.2) is 33.7 Å². The monoisotopic (exact) mass is 377 g/mol. The topological polar surface area (TPSA) is 119 Å². The lowest BCUT2D eigenvalue weighted by Crippen LogP contribution is -2.30. The predicted octanol–water partition coefficient (Wildman–Crippen LogP) is 1.73. The minimum absolute atomic E-state index is 0.0459. The van der Waals surface area contributed by atoms with E-state index in [-0.39, 0.29) is 22.5 Å². The number of nitrogens with zero attached hydrogens (tertiary/aromatic N) is 3. The van der Waals surface area contributed by atoms with Gasteiger partial charge in [-0.2, -0.15) is 9.78 Å². The van der Waals surface area contributed by atoms with Crippen molar-refractivity contribution in [3.05, 3.63) is 56.0 Å². The van der Waals surface area contributed by atoms with Crippen molar-refractivity contribution in [1.29, 1.82) is 0 Å². The molecule has 1 aliphatic carbocycles. The zero-order chi connectivity index (χ0) is 18.7. The number of hydrogen-bond acceptors (Lipinski definition) is 6.